The van der Waals surface area contributed by atoms with E-state index in [1.54, 1.807) is 0 Å². The molecule has 0 aliphatic rings. The van der Waals surface area contributed by atoms with E-state index in [-0.39, 0.29) is 5.75 Å². The minimum atomic E-state index is -3.77. The minimum Gasteiger partial charge on any atom is -0.494 e. The Bertz CT molecular complexity index is 456. The van der Waals surface area contributed by atoms with E-state index < -0.39 is 10.1 Å². The number of rotatable bonds is 12. The second kappa shape index (κ2) is 10.6. The molecule has 4 nitrogen and oxygen atoms in total. The molecule has 1 N–H and O–H groups in total. The molecule has 0 amide bonds. The molecule has 5 heteroatoms. The van der Waals surface area contributed by atoms with E-state index in [0.29, 0.717) is 6.42 Å². The van der Waals surface area contributed by atoms with Crippen molar-refractivity contribution in [1.82, 2.24) is 0 Å². The molecule has 0 aliphatic carbocycles. The van der Waals surface area contributed by atoms with Gasteiger partial charge >= 0.3 is 0 Å². The van der Waals surface area contributed by atoms with Gasteiger partial charge in [0.2, 0.25) is 0 Å². The van der Waals surface area contributed by atoms with Gasteiger partial charge in [-0.3, -0.25) is 4.55 Å². The molecule has 0 radical (unpaired) electrons. The van der Waals surface area contributed by atoms with Gasteiger partial charge in [0.1, 0.15) is 5.75 Å². The Balaban J connectivity index is 1.83. The normalized spacial score (nSPS) is 11.5. The molecule has 1 aromatic carbocycles. The summed E-state index contributed by atoms with van der Waals surface area (Å²) in [4.78, 5) is 0. The van der Waals surface area contributed by atoms with Gasteiger partial charge in [-0.25, -0.2) is 0 Å². The Labute approximate surface area is 128 Å². The first-order chi connectivity index (χ1) is 10.1. The fraction of sp³-hybridized carbons (Fsp3) is 0.625. The fourth-order valence-corrected chi connectivity index (χ4v) is 2.72. The van der Waals surface area contributed by atoms with Crippen LogP contribution >= 0.6 is 0 Å². The molecule has 0 heterocycles. The van der Waals surface area contributed by atoms with Crippen LogP contribution in [0.25, 0.3) is 0 Å². The Kier molecular flexibility index (Phi) is 9.10. The van der Waals surface area contributed by atoms with Crippen molar-refractivity contribution < 1.29 is 17.7 Å². The number of para-hydroxylation sites is 1. The van der Waals surface area contributed by atoms with Crippen molar-refractivity contribution in [2.75, 3.05) is 12.4 Å². The van der Waals surface area contributed by atoms with E-state index in [1.807, 2.05) is 30.3 Å². The van der Waals surface area contributed by atoms with Gasteiger partial charge in [-0.2, -0.15) is 8.42 Å². The van der Waals surface area contributed by atoms with Gasteiger partial charge in [-0.05, 0) is 25.0 Å². The van der Waals surface area contributed by atoms with Gasteiger partial charge in [0.05, 0.1) is 12.4 Å². The molecular formula is C16H26O4S. The van der Waals surface area contributed by atoms with Gasteiger partial charge in [0.15, 0.2) is 0 Å². The Morgan fingerprint density at radius 1 is 0.810 bits per heavy atom. The highest BCUT2D eigenvalue weighted by Crippen LogP contribution is 2.11. The van der Waals surface area contributed by atoms with E-state index in [9.17, 15) is 8.42 Å². The van der Waals surface area contributed by atoms with Crippen molar-refractivity contribution in [3.8, 4) is 5.75 Å². The van der Waals surface area contributed by atoms with Gasteiger partial charge < -0.3 is 4.74 Å². The highest BCUT2D eigenvalue weighted by atomic mass is 32.2. The molecule has 0 aliphatic heterocycles. The molecule has 0 unspecified atom stereocenters. The SMILES string of the molecule is O=S(=O)(O)CCCCCCCCCCOc1ccccc1. The van der Waals surface area contributed by atoms with E-state index >= 15 is 0 Å². The van der Waals surface area contributed by atoms with Gasteiger partial charge in [0, 0.05) is 0 Å². The summed E-state index contributed by atoms with van der Waals surface area (Å²) in [5.41, 5.74) is 0. The predicted molar refractivity (Wildman–Crippen MR) is 85.3 cm³/mol. The lowest BCUT2D eigenvalue weighted by molar-refractivity contribution is 0.304. The molecular weight excluding hydrogens is 288 g/mol. The average Bonchev–Trinajstić information content (AvgIpc) is 2.44. The molecule has 0 saturated carbocycles. The highest BCUT2D eigenvalue weighted by Gasteiger charge is 2.02. The molecule has 0 fully saturated rings. The maximum atomic E-state index is 10.5. The van der Waals surface area contributed by atoms with E-state index in [0.717, 1.165) is 44.5 Å². The molecule has 120 valence electrons. The fourth-order valence-electron chi connectivity index (χ4n) is 2.15. The molecule has 0 bridgehead atoms. The van der Waals surface area contributed by atoms with Gasteiger partial charge in [-0.15, -0.1) is 0 Å². The number of hydrogen-bond donors (Lipinski definition) is 1. The zero-order chi connectivity index (χ0) is 15.4. The van der Waals surface area contributed by atoms with Crippen molar-refractivity contribution in [3.05, 3.63) is 30.3 Å². The lowest BCUT2D eigenvalue weighted by Gasteiger charge is -2.05. The highest BCUT2D eigenvalue weighted by molar-refractivity contribution is 7.85. The van der Waals surface area contributed by atoms with E-state index in [1.165, 1.54) is 12.8 Å². The van der Waals surface area contributed by atoms with Crippen LogP contribution in [0.15, 0.2) is 30.3 Å². The molecule has 1 rings (SSSR count). The van der Waals surface area contributed by atoms with Crippen molar-refractivity contribution in [2.45, 2.75) is 51.4 Å². The van der Waals surface area contributed by atoms with Crippen LogP contribution in [0.1, 0.15) is 51.4 Å². The third-order valence-electron chi connectivity index (χ3n) is 3.31. The third-order valence-corrected chi connectivity index (χ3v) is 4.11. The van der Waals surface area contributed by atoms with Crippen LogP contribution in [-0.4, -0.2) is 25.3 Å². The molecule has 1 aromatic rings. The standard InChI is InChI=1S/C16H26O4S/c17-21(18,19)15-11-6-4-2-1-3-5-10-14-20-16-12-8-7-9-13-16/h7-9,12-13H,1-6,10-11,14-15H2,(H,17,18,19). The van der Waals surface area contributed by atoms with Crippen LogP contribution in [0.3, 0.4) is 0 Å². The predicted octanol–water partition coefficient (Wildman–Crippen LogP) is 4.07. The average molecular weight is 314 g/mol. The van der Waals surface area contributed by atoms with Crippen LogP contribution in [0.5, 0.6) is 5.75 Å². The summed E-state index contributed by atoms with van der Waals surface area (Å²) in [7, 11) is -3.77. The summed E-state index contributed by atoms with van der Waals surface area (Å²) < 4.78 is 35.2. The zero-order valence-corrected chi connectivity index (χ0v) is 13.4. The van der Waals surface area contributed by atoms with Crippen molar-refractivity contribution >= 4 is 10.1 Å². The number of unbranched alkanes of at least 4 members (excludes halogenated alkanes) is 7. The van der Waals surface area contributed by atoms with Gasteiger partial charge in [-0.1, -0.05) is 56.7 Å². The van der Waals surface area contributed by atoms with Crippen molar-refractivity contribution in [3.63, 3.8) is 0 Å². The third kappa shape index (κ3) is 11.3. The largest absolute Gasteiger partial charge is 0.494 e. The monoisotopic (exact) mass is 314 g/mol. The maximum absolute atomic E-state index is 10.5. The summed E-state index contributed by atoms with van der Waals surface area (Å²) >= 11 is 0. The van der Waals surface area contributed by atoms with Crippen LogP contribution in [-0.2, 0) is 10.1 Å². The molecule has 0 aromatic heterocycles. The second-order valence-electron chi connectivity index (χ2n) is 5.28. The second-order valence-corrected chi connectivity index (χ2v) is 6.85. The first-order valence-electron chi connectivity index (χ1n) is 7.71. The lowest BCUT2D eigenvalue weighted by Crippen LogP contribution is -2.03. The number of benzene rings is 1. The molecule has 21 heavy (non-hydrogen) atoms. The first-order valence-corrected chi connectivity index (χ1v) is 9.32. The summed E-state index contributed by atoms with van der Waals surface area (Å²) in [5, 5.41) is 0. The van der Waals surface area contributed by atoms with Crippen LogP contribution in [0.4, 0.5) is 0 Å². The van der Waals surface area contributed by atoms with Crippen LogP contribution < -0.4 is 4.74 Å². The van der Waals surface area contributed by atoms with Crippen LogP contribution in [0.2, 0.25) is 0 Å². The Hall–Kier alpha value is -1.07. The minimum absolute atomic E-state index is 0.107. The van der Waals surface area contributed by atoms with E-state index in [4.69, 9.17) is 9.29 Å². The number of hydrogen-bond acceptors (Lipinski definition) is 3. The summed E-state index contributed by atoms with van der Waals surface area (Å²) in [6.07, 6.45) is 8.20. The zero-order valence-electron chi connectivity index (χ0n) is 12.5. The van der Waals surface area contributed by atoms with Gasteiger partial charge in [0.25, 0.3) is 10.1 Å². The number of ether oxygens (including phenoxy) is 1. The first kappa shape index (κ1) is 18.0. The molecule has 0 spiro atoms. The summed E-state index contributed by atoms with van der Waals surface area (Å²) in [6.45, 7) is 0.762. The van der Waals surface area contributed by atoms with Crippen LogP contribution in [0, 0.1) is 0 Å². The summed E-state index contributed by atoms with van der Waals surface area (Å²) in [5.74, 6) is 0.820. The molecule has 0 saturated heterocycles. The quantitative estimate of drug-likeness (QED) is 0.466. The Morgan fingerprint density at radius 3 is 1.90 bits per heavy atom. The van der Waals surface area contributed by atoms with Crippen molar-refractivity contribution in [1.29, 1.82) is 0 Å². The smallest absolute Gasteiger partial charge is 0.264 e. The van der Waals surface area contributed by atoms with Crippen molar-refractivity contribution in [2.24, 2.45) is 0 Å². The topological polar surface area (TPSA) is 63.6 Å². The molecule has 0 atom stereocenters. The lowest BCUT2D eigenvalue weighted by atomic mass is 10.1. The Morgan fingerprint density at radius 2 is 1.33 bits per heavy atom. The summed E-state index contributed by atoms with van der Waals surface area (Å²) in [6, 6.07) is 9.84. The maximum Gasteiger partial charge on any atom is 0.264 e. The van der Waals surface area contributed by atoms with E-state index in [2.05, 4.69) is 0 Å².